The van der Waals surface area contributed by atoms with Crippen molar-refractivity contribution >= 4 is 10.3 Å². The van der Waals surface area contributed by atoms with Crippen molar-refractivity contribution in [2.45, 2.75) is 71.1 Å². The lowest BCUT2D eigenvalue weighted by Gasteiger charge is -2.51. The topological polar surface area (TPSA) is 124 Å². The highest BCUT2D eigenvalue weighted by atomic mass is 32.2. The Balaban J connectivity index is 1.43. The number of H-pyrrole nitrogens is 1. The van der Waals surface area contributed by atoms with E-state index in [4.69, 9.17) is 9.32 Å². The molecule has 9 heteroatoms. The maximum Gasteiger partial charge on any atom is 0.380 e. The fraction of sp³-hybridized carbons (Fsp3) is 0.682. The van der Waals surface area contributed by atoms with Crippen LogP contribution in [0.15, 0.2) is 12.1 Å². The highest BCUT2D eigenvalue weighted by Gasteiger charge is 2.54. The van der Waals surface area contributed by atoms with Gasteiger partial charge in [-0.1, -0.05) is 19.9 Å². The molecule has 2 saturated carbocycles. The monoisotopic (exact) mass is 445 g/mol. The summed E-state index contributed by atoms with van der Waals surface area (Å²) in [4.78, 5) is 0. The molecule has 8 nitrogen and oxygen atoms in total. The molecule has 31 heavy (non-hydrogen) atoms. The van der Waals surface area contributed by atoms with E-state index in [9.17, 15) is 8.42 Å². The Kier molecular flexibility index (Phi) is 5.08. The van der Waals surface area contributed by atoms with Crippen LogP contribution in [0.3, 0.4) is 0 Å². The third-order valence-corrected chi connectivity index (χ3v) is 8.93. The molecule has 2 aromatic rings. The average molecular weight is 446 g/mol. The number of aromatic amines is 1. The number of aryl methyl sites for hydroxylation is 2. The summed E-state index contributed by atoms with van der Waals surface area (Å²) in [6, 6.07) is 4.12. The summed E-state index contributed by atoms with van der Waals surface area (Å²) >= 11 is 0. The van der Waals surface area contributed by atoms with E-state index in [-0.39, 0.29) is 0 Å². The highest BCUT2D eigenvalue weighted by molar-refractivity contribution is 7.84. The second-order valence-electron chi connectivity index (χ2n) is 9.87. The number of hydrogen-bond donors (Lipinski definition) is 2. The summed E-state index contributed by atoms with van der Waals surface area (Å²) in [6.07, 6.45) is 8.65. The Morgan fingerprint density at radius 2 is 2.10 bits per heavy atom. The maximum atomic E-state index is 11.5. The van der Waals surface area contributed by atoms with Gasteiger partial charge in [-0.15, -0.1) is 5.10 Å². The van der Waals surface area contributed by atoms with Gasteiger partial charge < -0.3 is 4.18 Å². The lowest BCUT2D eigenvalue weighted by molar-refractivity contribution is 0.0279. The Bertz CT molecular complexity index is 1070. The fourth-order valence-electron chi connectivity index (χ4n) is 7.07. The molecule has 3 aliphatic carbocycles. The largest absolute Gasteiger partial charge is 0.380 e. The normalized spacial score (nSPS) is 32.2. The van der Waals surface area contributed by atoms with Gasteiger partial charge in [0.1, 0.15) is 11.6 Å². The van der Waals surface area contributed by atoms with Crippen molar-refractivity contribution in [3.63, 3.8) is 0 Å². The molecule has 0 radical (unpaired) electrons. The number of rotatable bonds is 5. The molecule has 0 spiro atoms. The summed E-state index contributed by atoms with van der Waals surface area (Å²) < 4.78 is 28.1. The molecule has 3 unspecified atom stereocenters. The van der Waals surface area contributed by atoms with E-state index in [1.165, 1.54) is 36.8 Å². The Morgan fingerprint density at radius 3 is 2.81 bits per heavy atom. The van der Waals surface area contributed by atoms with E-state index in [0.717, 1.165) is 30.7 Å². The average Bonchev–Trinajstić information content (AvgIpc) is 3.34. The SMILES string of the molecule is CCc1cc2c(cc1OS(N)(=O)=O)CCC1C2CC[C@@]2(C)C1CC[C@@H]2Cc1nnn[nH]1. The minimum Gasteiger partial charge on any atom is -0.371 e. The van der Waals surface area contributed by atoms with Crippen molar-refractivity contribution in [1.82, 2.24) is 20.6 Å². The van der Waals surface area contributed by atoms with Crippen molar-refractivity contribution in [2.24, 2.45) is 28.3 Å². The molecule has 0 aliphatic heterocycles. The molecular formula is C22H31N5O3S. The van der Waals surface area contributed by atoms with Crippen LogP contribution in [0.25, 0.3) is 0 Å². The van der Waals surface area contributed by atoms with Gasteiger partial charge in [-0.05, 0) is 107 Å². The van der Waals surface area contributed by atoms with Crippen LogP contribution in [0.1, 0.15) is 74.4 Å². The van der Waals surface area contributed by atoms with Gasteiger partial charge in [-0.2, -0.15) is 13.6 Å². The van der Waals surface area contributed by atoms with Crippen LogP contribution in [0.5, 0.6) is 5.75 Å². The predicted molar refractivity (Wildman–Crippen MR) is 116 cm³/mol. The van der Waals surface area contributed by atoms with Gasteiger partial charge in [0, 0.05) is 6.42 Å². The lowest BCUT2D eigenvalue weighted by atomic mass is 9.54. The van der Waals surface area contributed by atoms with Gasteiger partial charge in [0.05, 0.1) is 0 Å². The van der Waals surface area contributed by atoms with E-state index in [1.54, 1.807) is 0 Å². The van der Waals surface area contributed by atoms with Crippen molar-refractivity contribution in [2.75, 3.05) is 0 Å². The van der Waals surface area contributed by atoms with Gasteiger partial charge in [0.15, 0.2) is 0 Å². The molecule has 168 valence electrons. The number of tetrazole rings is 1. The Morgan fingerprint density at radius 1 is 1.26 bits per heavy atom. The first kappa shape index (κ1) is 20.9. The molecule has 0 amide bonds. The van der Waals surface area contributed by atoms with Crippen LogP contribution >= 0.6 is 0 Å². The van der Waals surface area contributed by atoms with Crippen molar-refractivity contribution in [1.29, 1.82) is 0 Å². The minimum absolute atomic E-state index is 0.329. The zero-order chi connectivity index (χ0) is 21.8. The van der Waals surface area contributed by atoms with Crippen molar-refractivity contribution in [3.05, 3.63) is 34.6 Å². The van der Waals surface area contributed by atoms with Crippen molar-refractivity contribution in [3.8, 4) is 5.75 Å². The first-order valence-electron chi connectivity index (χ1n) is 11.4. The van der Waals surface area contributed by atoms with Gasteiger partial charge in [-0.3, -0.25) is 0 Å². The Labute approximate surface area is 183 Å². The number of nitrogens with zero attached hydrogens (tertiary/aromatic N) is 3. The number of aromatic nitrogens is 4. The smallest absolute Gasteiger partial charge is 0.371 e. The number of hydrogen-bond acceptors (Lipinski definition) is 6. The zero-order valence-corrected chi connectivity index (χ0v) is 19.0. The molecule has 5 rings (SSSR count). The molecule has 2 fully saturated rings. The van der Waals surface area contributed by atoms with Crippen LogP contribution in [0, 0.1) is 23.2 Å². The van der Waals surface area contributed by atoms with Crippen LogP contribution in [-0.2, 0) is 29.6 Å². The highest BCUT2D eigenvalue weighted by Crippen LogP contribution is 2.63. The summed E-state index contributed by atoms with van der Waals surface area (Å²) in [5, 5.41) is 19.7. The fourth-order valence-corrected chi connectivity index (χ4v) is 7.47. The van der Waals surface area contributed by atoms with Gasteiger partial charge in [0.25, 0.3) is 0 Å². The summed E-state index contributed by atoms with van der Waals surface area (Å²) in [5.41, 5.74) is 3.88. The number of nitrogens with one attached hydrogen (secondary N) is 1. The first-order valence-corrected chi connectivity index (χ1v) is 12.9. The molecule has 3 aliphatic rings. The van der Waals surface area contributed by atoms with E-state index >= 15 is 0 Å². The minimum atomic E-state index is -4.02. The van der Waals surface area contributed by atoms with Gasteiger partial charge >= 0.3 is 10.3 Å². The molecule has 5 atom stereocenters. The molecule has 1 heterocycles. The molecule has 1 aromatic carbocycles. The number of fused-ring (bicyclic) bond motifs is 5. The summed E-state index contributed by atoms with van der Waals surface area (Å²) in [5.74, 6) is 3.85. The molecule has 3 N–H and O–H groups in total. The molecule has 0 saturated heterocycles. The second kappa shape index (κ2) is 7.55. The van der Waals surface area contributed by atoms with Crippen molar-refractivity contribution < 1.29 is 12.6 Å². The van der Waals surface area contributed by atoms with E-state index in [2.05, 4.69) is 33.6 Å². The maximum absolute atomic E-state index is 11.5. The first-order chi connectivity index (χ1) is 14.8. The molecular weight excluding hydrogens is 414 g/mol. The Hall–Kier alpha value is -2.00. The predicted octanol–water partition coefficient (Wildman–Crippen LogP) is 3.06. The van der Waals surface area contributed by atoms with Crippen LogP contribution in [0.4, 0.5) is 0 Å². The van der Waals surface area contributed by atoms with Gasteiger partial charge in [-0.25, -0.2) is 5.10 Å². The quantitative estimate of drug-likeness (QED) is 0.729. The third kappa shape index (κ3) is 3.65. The van der Waals surface area contributed by atoms with Crippen LogP contribution in [0.2, 0.25) is 0 Å². The van der Waals surface area contributed by atoms with E-state index in [1.807, 2.05) is 13.0 Å². The molecule has 1 aromatic heterocycles. The zero-order valence-electron chi connectivity index (χ0n) is 18.2. The second-order valence-corrected chi connectivity index (χ2v) is 11.0. The summed E-state index contributed by atoms with van der Waals surface area (Å²) in [7, 11) is -4.02. The van der Waals surface area contributed by atoms with E-state index < -0.39 is 10.3 Å². The van der Waals surface area contributed by atoms with Crippen LogP contribution < -0.4 is 9.32 Å². The standard InChI is InChI=1S/C22H31N5O3S/c1-3-13-10-18-14(11-20(13)30-31(23,28)29)4-6-17-16(18)8-9-22(2)15(5-7-19(17)22)12-21-24-26-27-25-21/h10-11,15-17,19H,3-9,12H2,1-2H3,(H2,23,28,29)(H,24,25,26,27)/t15-,16?,17?,19?,22-/m1/s1. The van der Waals surface area contributed by atoms with Crippen LogP contribution in [-0.4, -0.2) is 29.0 Å². The lowest BCUT2D eigenvalue weighted by Crippen LogP contribution is -2.42. The molecule has 0 bridgehead atoms. The number of benzene rings is 1. The third-order valence-electron chi connectivity index (χ3n) is 8.52. The summed E-state index contributed by atoms with van der Waals surface area (Å²) in [6.45, 7) is 4.52. The van der Waals surface area contributed by atoms with Gasteiger partial charge in [0.2, 0.25) is 0 Å². The number of nitrogens with two attached hydrogens (primary N) is 1. The van der Waals surface area contributed by atoms with E-state index in [0.29, 0.717) is 41.3 Å².